The summed E-state index contributed by atoms with van der Waals surface area (Å²) >= 11 is 6.15. The zero-order valence-corrected chi connectivity index (χ0v) is 16.5. The molecule has 0 atom stereocenters. The van der Waals surface area contributed by atoms with Crippen molar-refractivity contribution in [3.05, 3.63) is 93.4 Å². The fraction of sp³-hybridized carbons (Fsp3) is 0.100. The molecule has 1 heterocycles. The third kappa shape index (κ3) is 4.68. The standard InChI is InChI=1S/C20H17ClN2O4S/c1-28(26,27)17-9-6-14(7-10-17)20(25)22-16-8-11-19(24)23(13-16)12-15-4-2-3-5-18(15)21/h2-11,13H,12H2,1H3,(H,22,25). The summed E-state index contributed by atoms with van der Waals surface area (Å²) in [6, 6.07) is 15.7. The molecule has 0 fully saturated rings. The molecule has 1 aromatic heterocycles. The third-order valence-corrected chi connectivity index (χ3v) is 5.58. The fourth-order valence-corrected chi connectivity index (χ4v) is 3.42. The van der Waals surface area contributed by atoms with Crippen molar-refractivity contribution in [2.75, 3.05) is 11.6 Å². The first-order valence-corrected chi connectivity index (χ1v) is 10.6. The van der Waals surface area contributed by atoms with Gasteiger partial charge in [-0.3, -0.25) is 9.59 Å². The van der Waals surface area contributed by atoms with Crippen LogP contribution in [0.3, 0.4) is 0 Å². The molecule has 28 heavy (non-hydrogen) atoms. The van der Waals surface area contributed by atoms with Crippen LogP contribution in [0, 0.1) is 0 Å². The molecule has 8 heteroatoms. The maximum absolute atomic E-state index is 12.4. The molecule has 0 aliphatic carbocycles. The molecule has 1 N–H and O–H groups in total. The van der Waals surface area contributed by atoms with Gasteiger partial charge in [0.05, 0.1) is 17.1 Å². The van der Waals surface area contributed by atoms with Crippen molar-refractivity contribution >= 4 is 33.0 Å². The van der Waals surface area contributed by atoms with Crippen LogP contribution >= 0.6 is 11.6 Å². The van der Waals surface area contributed by atoms with Gasteiger partial charge in [0.15, 0.2) is 9.84 Å². The van der Waals surface area contributed by atoms with Crippen LogP contribution in [-0.2, 0) is 16.4 Å². The number of pyridine rings is 1. The Hall–Kier alpha value is -2.90. The lowest BCUT2D eigenvalue weighted by atomic mass is 10.2. The van der Waals surface area contributed by atoms with Crippen LogP contribution in [0.2, 0.25) is 5.02 Å². The molecular weight excluding hydrogens is 400 g/mol. The van der Waals surface area contributed by atoms with E-state index in [-0.39, 0.29) is 17.0 Å². The summed E-state index contributed by atoms with van der Waals surface area (Å²) in [6.45, 7) is 0.269. The van der Waals surface area contributed by atoms with Crippen molar-refractivity contribution in [1.82, 2.24) is 4.57 Å². The number of hydrogen-bond donors (Lipinski definition) is 1. The summed E-state index contributed by atoms with van der Waals surface area (Å²) < 4.78 is 24.5. The number of sulfone groups is 1. The Balaban J connectivity index is 1.80. The van der Waals surface area contributed by atoms with Crippen molar-refractivity contribution in [3.63, 3.8) is 0 Å². The van der Waals surface area contributed by atoms with Crippen LogP contribution in [0.25, 0.3) is 0 Å². The highest BCUT2D eigenvalue weighted by Crippen LogP contribution is 2.17. The Labute approximate surface area is 167 Å². The van der Waals surface area contributed by atoms with E-state index in [2.05, 4.69) is 5.32 Å². The van der Waals surface area contributed by atoms with E-state index in [9.17, 15) is 18.0 Å². The molecular formula is C20H17ClN2O4S. The minimum Gasteiger partial charge on any atom is -0.321 e. The van der Waals surface area contributed by atoms with Crippen LogP contribution in [0.4, 0.5) is 5.69 Å². The number of nitrogens with zero attached hydrogens (tertiary/aromatic N) is 1. The van der Waals surface area contributed by atoms with Gasteiger partial charge in [-0.15, -0.1) is 0 Å². The predicted octanol–water partition coefficient (Wildman–Crippen LogP) is 3.21. The van der Waals surface area contributed by atoms with E-state index in [1.807, 2.05) is 12.1 Å². The molecule has 0 radical (unpaired) electrons. The Morgan fingerprint density at radius 3 is 2.36 bits per heavy atom. The van der Waals surface area contributed by atoms with Gasteiger partial charge in [-0.25, -0.2) is 8.42 Å². The zero-order valence-electron chi connectivity index (χ0n) is 14.9. The SMILES string of the molecule is CS(=O)(=O)c1ccc(C(=O)Nc2ccc(=O)n(Cc3ccccc3Cl)c2)cc1. The van der Waals surface area contributed by atoms with Crippen molar-refractivity contribution < 1.29 is 13.2 Å². The number of amides is 1. The normalized spacial score (nSPS) is 11.2. The zero-order chi connectivity index (χ0) is 20.3. The van der Waals surface area contributed by atoms with Crippen LogP contribution in [0.15, 0.2) is 76.6 Å². The third-order valence-electron chi connectivity index (χ3n) is 4.08. The maximum atomic E-state index is 12.4. The molecule has 3 rings (SSSR count). The Bertz CT molecular complexity index is 1190. The number of benzene rings is 2. The van der Waals surface area contributed by atoms with Crippen LogP contribution < -0.4 is 10.9 Å². The van der Waals surface area contributed by atoms with E-state index in [1.165, 1.54) is 47.2 Å². The van der Waals surface area contributed by atoms with Gasteiger partial charge in [0.2, 0.25) is 0 Å². The number of hydrogen-bond acceptors (Lipinski definition) is 4. The summed E-state index contributed by atoms with van der Waals surface area (Å²) in [5, 5.41) is 3.25. The van der Waals surface area contributed by atoms with Crippen LogP contribution in [-0.4, -0.2) is 25.1 Å². The van der Waals surface area contributed by atoms with Crippen molar-refractivity contribution in [2.45, 2.75) is 11.4 Å². The van der Waals surface area contributed by atoms with Crippen molar-refractivity contribution in [2.24, 2.45) is 0 Å². The average Bonchev–Trinajstić information content (AvgIpc) is 2.65. The van der Waals surface area contributed by atoms with Crippen LogP contribution in [0.5, 0.6) is 0 Å². The highest BCUT2D eigenvalue weighted by molar-refractivity contribution is 7.90. The summed E-state index contributed by atoms with van der Waals surface area (Å²) in [5.74, 6) is -0.414. The molecule has 0 saturated heterocycles. The largest absolute Gasteiger partial charge is 0.321 e. The first-order chi connectivity index (χ1) is 13.2. The minimum atomic E-state index is -3.33. The summed E-state index contributed by atoms with van der Waals surface area (Å²) in [7, 11) is -3.33. The number of aromatic nitrogens is 1. The molecule has 0 aliphatic heterocycles. The molecule has 3 aromatic rings. The Morgan fingerprint density at radius 2 is 1.71 bits per heavy atom. The second-order valence-corrected chi connectivity index (χ2v) is 8.65. The van der Waals surface area contributed by atoms with Gasteiger partial charge in [0.25, 0.3) is 11.5 Å². The number of nitrogens with one attached hydrogen (secondary N) is 1. The van der Waals surface area contributed by atoms with Gasteiger partial charge in [0, 0.05) is 29.1 Å². The monoisotopic (exact) mass is 416 g/mol. The quantitative estimate of drug-likeness (QED) is 0.692. The summed E-state index contributed by atoms with van der Waals surface area (Å²) in [5.41, 5.74) is 1.29. The number of carbonyl (C=O) groups excluding carboxylic acids is 1. The van der Waals surface area contributed by atoms with Gasteiger partial charge >= 0.3 is 0 Å². The molecule has 0 bridgehead atoms. The van der Waals surface area contributed by atoms with E-state index in [0.717, 1.165) is 11.8 Å². The lowest BCUT2D eigenvalue weighted by Crippen LogP contribution is -2.21. The molecule has 2 aromatic carbocycles. The lowest BCUT2D eigenvalue weighted by molar-refractivity contribution is 0.102. The molecule has 0 aliphatic rings. The van der Waals surface area contributed by atoms with Gasteiger partial charge in [-0.1, -0.05) is 29.8 Å². The highest BCUT2D eigenvalue weighted by atomic mass is 35.5. The van der Waals surface area contributed by atoms with E-state index in [0.29, 0.717) is 16.3 Å². The second-order valence-electron chi connectivity index (χ2n) is 6.23. The number of rotatable bonds is 5. The first kappa shape index (κ1) is 19.9. The van der Waals surface area contributed by atoms with Gasteiger partial charge < -0.3 is 9.88 Å². The fourth-order valence-electron chi connectivity index (χ4n) is 2.60. The molecule has 0 saturated carbocycles. The number of carbonyl (C=O) groups is 1. The van der Waals surface area contributed by atoms with E-state index < -0.39 is 15.7 Å². The smallest absolute Gasteiger partial charge is 0.255 e. The molecule has 6 nitrogen and oxygen atoms in total. The van der Waals surface area contributed by atoms with Crippen molar-refractivity contribution in [1.29, 1.82) is 0 Å². The average molecular weight is 417 g/mol. The lowest BCUT2D eigenvalue weighted by Gasteiger charge is -2.11. The van der Waals surface area contributed by atoms with E-state index >= 15 is 0 Å². The van der Waals surface area contributed by atoms with Crippen LogP contribution in [0.1, 0.15) is 15.9 Å². The maximum Gasteiger partial charge on any atom is 0.255 e. The predicted molar refractivity (Wildman–Crippen MR) is 109 cm³/mol. The number of halogens is 1. The molecule has 0 unspecified atom stereocenters. The van der Waals surface area contributed by atoms with Gasteiger partial charge in [-0.05, 0) is 42.0 Å². The van der Waals surface area contributed by atoms with E-state index in [1.54, 1.807) is 12.1 Å². The topological polar surface area (TPSA) is 85.2 Å². The number of anilines is 1. The summed E-state index contributed by atoms with van der Waals surface area (Å²) in [4.78, 5) is 24.7. The van der Waals surface area contributed by atoms with Gasteiger partial charge in [-0.2, -0.15) is 0 Å². The Morgan fingerprint density at radius 1 is 1.04 bits per heavy atom. The molecule has 144 valence electrons. The highest BCUT2D eigenvalue weighted by Gasteiger charge is 2.11. The Kier molecular flexibility index (Phi) is 5.67. The van der Waals surface area contributed by atoms with Crippen molar-refractivity contribution in [3.8, 4) is 0 Å². The summed E-state index contributed by atoms with van der Waals surface area (Å²) in [6.07, 6.45) is 2.64. The first-order valence-electron chi connectivity index (χ1n) is 8.29. The minimum absolute atomic E-state index is 0.136. The van der Waals surface area contributed by atoms with Gasteiger partial charge in [0.1, 0.15) is 0 Å². The second kappa shape index (κ2) is 8.00. The molecule has 0 spiro atoms. The molecule has 1 amide bonds. The van der Waals surface area contributed by atoms with E-state index in [4.69, 9.17) is 11.6 Å².